The van der Waals surface area contributed by atoms with Crippen molar-refractivity contribution in [2.45, 2.75) is 36.6 Å². The number of thioether (sulfide) groups is 1. The van der Waals surface area contributed by atoms with E-state index in [1.165, 1.54) is 0 Å². The number of hydrogen-bond donors (Lipinski definition) is 2. The third-order valence-corrected chi connectivity index (χ3v) is 5.62. The molecule has 1 aliphatic carbocycles. The lowest BCUT2D eigenvalue weighted by Crippen LogP contribution is -2.55. The van der Waals surface area contributed by atoms with Gasteiger partial charge in [-0.1, -0.05) is 37.3 Å². The molecule has 0 aromatic heterocycles. The van der Waals surface area contributed by atoms with Crippen LogP contribution in [0.5, 0.6) is 0 Å². The van der Waals surface area contributed by atoms with Crippen LogP contribution in [-0.2, 0) is 4.79 Å². The van der Waals surface area contributed by atoms with E-state index in [0.29, 0.717) is 24.6 Å². The van der Waals surface area contributed by atoms with Gasteiger partial charge in [0.1, 0.15) is 5.54 Å². The van der Waals surface area contributed by atoms with Crippen molar-refractivity contribution in [2.75, 3.05) is 12.3 Å². The van der Waals surface area contributed by atoms with E-state index in [2.05, 4.69) is 24.4 Å². The summed E-state index contributed by atoms with van der Waals surface area (Å²) in [6.45, 7) is 2.86. The molecule has 3 rings (SSSR count). The Balaban J connectivity index is 1.87. The minimum atomic E-state index is -0.763. The predicted molar refractivity (Wildman–Crippen MR) is 87.5 cm³/mol. The molecular formula is C16H21N3O2S. The monoisotopic (exact) mass is 319 g/mol. The number of nitrogens with one attached hydrogen (secondary N) is 1. The molecule has 0 spiro atoms. The molecule has 0 unspecified atom stereocenters. The highest BCUT2D eigenvalue weighted by Gasteiger charge is 2.54. The lowest BCUT2D eigenvalue weighted by Gasteiger charge is -2.41. The smallest absolute Gasteiger partial charge is 0.313 e. The Hall–Kier alpha value is -1.69. The summed E-state index contributed by atoms with van der Waals surface area (Å²) in [5, 5.41) is 2.98. The first-order valence-electron chi connectivity index (χ1n) is 7.59. The minimum absolute atomic E-state index is 0.00676. The van der Waals surface area contributed by atoms with Crippen molar-refractivity contribution in [3.05, 3.63) is 35.9 Å². The summed E-state index contributed by atoms with van der Waals surface area (Å²) in [6.07, 6.45) is 1.35. The zero-order valence-corrected chi connectivity index (χ0v) is 13.4. The molecule has 22 heavy (non-hydrogen) atoms. The molecule has 2 aliphatic rings. The molecule has 2 fully saturated rings. The highest BCUT2D eigenvalue weighted by Crippen LogP contribution is 2.43. The standard InChI is InChI=1S/C16H21N3O2S/c1-11-13(12-5-3-2-4-6-12)19(9-10-22-11)14(20)16(7-8-16)18-15(17)21/h2-6,11,13H,7-10H2,1H3,(H3,17,18,21)/t11-,13-/m1/s1. The van der Waals surface area contributed by atoms with Gasteiger partial charge in [0.2, 0.25) is 5.91 Å². The van der Waals surface area contributed by atoms with Crippen LogP contribution in [0.25, 0.3) is 0 Å². The molecule has 5 nitrogen and oxygen atoms in total. The van der Waals surface area contributed by atoms with Crippen molar-refractivity contribution in [3.8, 4) is 0 Å². The van der Waals surface area contributed by atoms with E-state index in [0.717, 1.165) is 11.3 Å². The zero-order chi connectivity index (χ0) is 15.7. The SMILES string of the molecule is C[C@H]1SCCN(C(=O)C2(NC(N)=O)CC2)[C@H]1c1ccccc1. The summed E-state index contributed by atoms with van der Waals surface area (Å²) in [7, 11) is 0. The fourth-order valence-corrected chi connectivity index (χ4v) is 4.34. The van der Waals surface area contributed by atoms with Crippen molar-refractivity contribution in [1.29, 1.82) is 0 Å². The van der Waals surface area contributed by atoms with Crippen molar-refractivity contribution in [2.24, 2.45) is 5.73 Å². The molecule has 118 valence electrons. The number of rotatable bonds is 3. The summed E-state index contributed by atoms with van der Waals surface area (Å²) < 4.78 is 0. The van der Waals surface area contributed by atoms with Gasteiger partial charge in [-0.2, -0.15) is 11.8 Å². The van der Waals surface area contributed by atoms with Crippen LogP contribution in [0, 0.1) is 0 Å². The zero-order valence-electron chi connectivity index (χ0n) is 12.6. The Morgan fingerprint density at radius 3 is 2.59 bits per heavy atom. The highest BCUT2D eigenvalue weighted by atomic mass is 32.2. The Kier molecular flexibility index (Phi) is 4.04. The van der Waals surface area contributed by atoms with Crippen LogP contribution in [0.3, 0.4) is 0 Å². The molecule has 1 aliphatic heterocycles. The molecular weight excluding hydrogens is 298 g/mol. The molecule has 1 aromatic carbocycles. The number of hydrogen-bond acceptors (Lipinski definition) is 3. The van der Waals surface area contributed by atoms with Crippen LogP contribution >= 0.6 is 11.8 Å². The number of nitrogens with two attached hydrogens (primary N) is 1. The van der Waals surface area contributed by atoms with E-state index in [9.17, 15) is 9.59 Å². The molecule has 3 N–H and O–H groups in total. The maximum Gasteiger partial charge on any atom is 0.313 e. The van der Waals surface area contributed by atoms with E-state index in [1.807, 2.05) is 34.9 Å². The number of carbonyl (C=O) groups excluding carboxylic acids is 2. The lowest BCUT2D eigenvalue weighted by atomic mass is 10.0. The second kappa shape index (κ2) is 5.83. The first kappa shape index (κ1) is 15.2. The predicted octanol–water partition coefficient (Wildman–Crippen LogP) is 1.89. The van der Waals surface area contributed by atoms with Gasteiger partial charge in [-0.25, -0.2) is 4.79 Å². The van der Waals surface area contributed by atoms with Gasteiger partial charge < -0.3 is 16.0 Å². The highest BCUT2D eigenvalue weighted by molar-refractivity contribution is 8.00. The van der Waals surface area contributed by atoms with Gasteiger partial charge in [0, 0.05) is 17.5 Å². The van der Waals surface area contributed by atoms with Crippen molar-refractivity contribution >= 4 is 23.7 Å². The second-order valence-corrected chi connectivity index (χ2v) is 7.49. The third kappa shape index (κ3) is 2.79. The summed E-state index contributed by atoms with van der Waals surface area (Å²) in [5.74, 6) is 0.926. The van der Waals surface area contributed by atoms with Gasteiger partial charge in [-0.15, -0.1) is 0 Å². The lowest BCUT2D eigenvalue weighted by molar-refractivity contribution is -0.136. The molecule has 3 amide bonds. The van der Waals surface area contributed by atoms with Crippen LogP contribution in [-0.4, -0.2) is 39.9 Å². The van der Waals surface area contributed by atoms with Gasteiger partial charge in [0.15, 0.2) is 0 Å². The molecule has 2 atom stereocenters. The molecule has 1 aromatic rings. The van der Waals surface area contributed by atoms with Crippen LogP contribution in [0.4, 0.5) is 4.79 Å². The van der Waals surface area contributed by atoms with Gasteiger partial charge in [-0.3, -0.25) is 4.79 Å². The normalized spacial score (nSPS) is 26.3. The molecule has 1 saturated heterocycles. The Labute approximate surface area is 134 Å². The largest absolute Gasteiger partial charge is 0.352 e. The van der Waals surface area contributed by atoms with Crippen LogP contribution < -0.4 is 11.1 Å². The summed E-state index contributed by atoms with van der Waals surface area (Å²) in [5.41, 5.74) is 5.61. The average molecular weight is 319 g/mol. The van der Waals surface area contributed by atoms with Gasteiger partial charge in [-0.05, 0) is 18.4 Å². The van der Waals surface area contributed by atoms with Gasteiger partial charge in [0.25, 0.3) is 0 Å². The summed E-state index contributed by atoms with van der Waals surface area (Å²) in [6, 6.07) is 9.52. The minimum Gasteiger partial charge on any atom is -0.352 e. The van der Waals surface area contributed by atoms with Crippen molar-refractivity contribution < 1.29 is 9.59 Å². The first-order valence-corrected chi connectivity index (χ1v) is 8.64. The number of benzene rings is 1. The average Bonchev–Trinajstić information content (AvgIpc) is 3.27. The molecule has 6 heteroatoms. The Bertz CT molecular complexity index is 574. The molecule has 1 saturated carbocycles. The van der Waals surface area contributed by atoms with Gasteiger partial charge in [0.05, 0.1) is 6.04 Å². The molecule has 0 radical (unpaired) electrons. The van der Waals surface area contributed by atoms with Crippen LogP contribution in [0.1, 0.15) is 31.4 Å². The first-order chi connectivity index (χ1) is 10.5. The topological polar surface area (TPSA) is 75.4 Å². The molecule has 1 heterocycles. The van der Waals surface area contributed by atoms with Crippen LogP contribution in [0.2, 0.25) is 0 Å². The number of carbonyl (C=O) groups is 2. The number of primary amides is 1. The quantitative estimate of drug-likeness (QED) is 0.893. The Morgan fingerprint density at radius 2 is 2.00 bits per heavy atom. The summed E-state index contributed by atoms with van der Waals surface area (Å²) >= 11 is 1.88. The van der Waals surface area contributed by atoms with Crippen LogP contribution in [0.15, 0.2) is 30.3 Å². The van der Waals surface area contributed by atoms with Crippen molar-refractivity contribution in [1.82, 2.24) is 10.2 Å². The fraction of sp³-hybridized carbons (Fsp3) is 0.500. The molecule has 0 bridgehead atoms. The van der Waals surface area contributed by atoms with E-state index in [4.69, 9.17) is 5.73 Å². The Morgan fingerprint density at radius 1 is 1.32 bits per heavy atom. The maximum absolute atomic E-state index is 13.0. The fourth-order valence-electron chi connectivity index (χ4n) is 3.18. The van der Waals surface area contributed by atoms with E-state index < -0.39 is 11.6 Å². The maximum atomic E-state index is 13.0. The number of nitrogens with zero attached hydrogens (tertiary/aromatic N) is 1. The number of amides is 3. The number of urea groups is 1. The van der Waals surface area contributed by atoms with E-state index in [1.54, 1.807) is 0 Å². The van der Waals surface area contributed by atoms with E-state index in [-0.39, 0.29) is 11.9 Å². The summed E-state index contributed by atoms with van der Waals surface area (Å²) in [4.78, 5) is 26.1. The second-order valence-electron chi connectivity index (χ2n) is 6.00. The van der Waals surface area contributed by atoms with Gasteiger partial charge >= 0.3 is 6.03 Å². The third-order valence-electron chi connectivity index (χ3n) is 4.42. The van der Waals surface area contributed by atoms with Crippen molar-refractivity contribution in [3.63, 3.8) is 0 Å². The van der Waals surface area contributed by atoms with E-state index >= 15 is 0 Å².